The molecule has 102 valence electrons. The Labute approximate surface area is 113 Å². The fourth-order valence-electron chi connectivity index (χ4n) is 2.62. The first-order valence-corrected chi connectivity index (χ1v) is 7.47. The minimum atomic E-state index is 0.640. The third kappa shape index (κ3) is 4.81. The summed E-state index contributed by atoms with van der Waals surface area (Å²) >= 11 is 0. The maximum Gasteiger partial charge on any atom is 0.0108 e. The van der Waals surface area contributed by atoms with Gasteiger partial charge in [-0.05, 0) is 49.9 Å². The monoisotopic (exact) mass is 247 g/mol. The Morgan fingerprint density at radius 3 is 2.28 bits per heavy atom. The molecule has 0 radical (unpaired) electrons. The molecule has 1 atom stereocenters. The number of hydrogen-bond donors (Lipinski definition) is 1. The van der Waals surface area contributed by atoms with Gasteiger partial charge in [0.15, 0.2) is 0 Å². The summed E-state index contributed by atoms with van der Waals surface area (Å²) < 4.78 is 0. The van der Waals surface area contributed by atoms with Crippen molar-refractivity contribution in [3.63, 3.8) is 0 Å². The molecule has 1 rings (SSSR count). The molecule has 0 saturated heterocycles. The van der Waals surface area contributed by atoms with Gasteiger partial charge in [0.2, 0.25) is 0 Å². The van der Waals surface area contributed by atoms with Gasteiger partial charge in [-0.3, -0.25) is 0 Å². The van der Waals surface area contributed by atoms with Crippen molar-refractivity contribution < 1.29 is 0 Å². The summed E-state index contributed by atoms with van der Waals surface area (Å²) in [4.78, 5) is 0. The predicted octanol–water partition coefficient (Wildman–Crippen LogP) is 4.40. The van der Waals surface area contributed by atoms with Crippen molar-refractivity contribution in [1.29, 1.82) is 0 Å². The van der Waals surface area contributed by atoms with Gasteiger partial charge in [0.05, 0.1) is 0 Å². The standard InChI is InChI=1S/C17H29N/c1-5-7-8-12-16(18-6-2)13-17-14(3)10-9-11-15(17)4/h9-11,16,18H,5-8,12-13H2,1-4H3. The molecule has 1 unspecified atom stereocenters. The third-order valence-corrected chi connectivity index (χ3v) is 3.74. The van der Waals surface area contributed by atoms with Crippen LogP contribution in [0.3, 0.4) is 0 Å². The van der Waals surface area contributed by atoms with Crippen LogP contribution in [0, 0.1) is 13.8 Å². The van der Waals surface area contributed by atoms with Gasteiger partial charge in [-0.25, -0.2) is 0 Å². The molecule has 1 N–H and O–H groups in total. The Hall–Kier alpha value is -0.820. The number of unbranched alkanes of at least 4 members (excludes halogenated alkanes) is 2. The van der Waals surface area contributed by atoms with Crippen molar-refractivity contribution >= 4 is 0 Å². The Bertz CT molecular complexity index is 323. The maximum absolute atomic E-state index is 3.64. The Morgan fingerprint density at radius 1 is 1.06 bits per heavy atom. The van der Waals surface area contributed by atoms with E-state index < -0.39 is 0 Å². The number of aryl methyl sites for hydroxylation is 2. The third-order valence-electron chi connectivity index (χ3n) is 3.74. The molecule has 0 aliphatic heterocycles. The van der Waals surface area contributed by atoms with Crippen LogP contribution in [0.2, 0.25) is 0 Å². The number of benzene rings is 1. The lowest BCUT2D eigenvalue weighted by Gasteiger charge is -2.20. The van der Waals surface area contributed by atoms with Crippen molar-refractivity contribution in [3.05, 3.63) is 34.9 Å². The summed E-state index contributed by atoms with van der Waals surface area (Å²) in [6.07, 6.45) is 6.49. The normalized spacial score (nSPS) is 12.7. The first kappa shape index (κ1) is 15.2. The average molecular weight is 247 g/mol. The number of rotatable bonds is 8. The minimum Gasteiger partial charge on any atom is -0.314 e. The van der Waals surface area contributed by atoms with E-state index in [9.17, 15) is 0 Å². The van der Waals surface area contributed by atoms with E-state index in [0.717, 1.165) is 6.54 Å². The van der Waals surface area contributed by atoms with Crippen LogP contribution in [0.1, 0.15) is 56.2 Å². The molecule has 0 amide bonds. The zero-order valence-electron chi connectivity index (χ0n) is 12.6. The predicted molar refractivity (Wildman–Crippen MR) is 81.2 cm³/mol. The molecule has 1 aromatic rings. The first-order valence-electron chi connectivity index (χ1n) is 7.47. The Balaban J connectivity index is 2.64. The van der Waals surface area contributed by atoms with E-state index in [-0.39, 0.29) is 0 Å². The van der Waals surface area contributed by atoms with Gasteiger partial charge in [0.1, 0.15) is 0 Å². The number of nitrogens with one attached hydrogen (secondary N) is 1. The summed E-state index contributed by atoms with van der Waals surface area (Å²) in [7, 11) is 0. The summed E-state index contributed by atoms with van der Waals surface area (Å²) in [6.45, 7) is 10.0. The highest BCUT2D eigenvalue weighted by molar-refractivity contribution is 5.34. The summed E-state index contributed by atoms with van der Waals surface area (Å²) in [5.74, 6) is 0. The highest BCUT2D eigenvalue weighted by Gasteiger charge is 2.11. The second kappa shape index (κ2) is 8.31. The van der Waals surface area contributed by atoms with E-state index in [0.29, 0.717) is 6.04 Å². The van der Waals surface area contributed by atoms with E-state index in [4.69, 9.17) is 0 Å². The van der Waals surface area contributed by atoms with E-state index in [1.807, 2.05) is 0 Å². The Morgan fingerprint density at radius 2 is 1.72 bits per heavy atom. The van der Waals surface area contributed by atoms with Gasteiger partial charge in [0.25, 0.3) is 0 Å². The molecule has 0 aliphatic carbocycles. The molecular formula is C17H29N. The molecule has 0 heterocycles. The molecular weight excluding hydrogens is 218 g/mol. The van der Waals surface area contributed by atoms with Crippen molar-refractivity contribution in [2.75, 3.05) is 6.54 Å². The lowest BCUT2D eigenvalue weighted by molar-refractivity contribution is 0.466. The number of hydrogen-bond acceptors (Lipinski definition) is 1. The molecule has 0 saturated carbocycles. The number of likely N-dealkylation sites (N-methyl/N-ethyl adjacent to an activating group) is 1. The van der Waals surface area contributed by atoms with Crippen LogP contribution in [0.15, 0.2) is 18.2 Å². The Kier molecular flexibility index (Phi) is 7.04. The van der Waals surface area contributed by atoms with Crippen LogP contribution in [-0.4, -0.2) is 12.6 Å². The summed E-state index contributed by atoms with van der Waals surface area (Å²) in [5.41, 5.74) is 4.42. The van der Waals surface area contributed by atoms with Gasteiger partial charge in [-0.15, -0.1) is 0 Å². The molecule has 0 aromatic heterocycles. The van der Waals surface area contributed by atoms with Crippen LogP contribution in [0.4, 0.5) is 0 Å². The lowest BCUT2D eigenvalue weighted by atomic mass is 9.94. The van der Waals surface area contributed by atoms with Crippen LogP contribution in [0.25, 0.3) is 0 Å². The lowest BCUT2D eigenvalue weighted by Crippen LogP contribution is -2.31. The molecule has 1 heteroatoms. The molecule has 0 spiro atoms. The average Bonchev–Trinajstić information content (AvgIpc) is 2.34. The topological polar surface area (TPSA) is 12.0 Å². The minimum absolute atomic E-state index is 0.640. The fourth-order valence-corrected chi connectivity index (χ4v) is 2.62. The zero-order chi connectivity index (χ0) is 13.4. The first-order chi connectivity index (χ1) is 8.69. The fraction of sp³-hybridized carbons (Fsp3) is 0.647. The van der Waals surface area contributed by atoms with Crippen molar-refractivity contribution in [1.82, 2.24) is 5.32 Å². The van der Waals surface area contributed by atoms with E-state index in [1.54, 1.807) is 5.56 Å². The molecule has 0 aliphatic rings. The van der Waals surface area contributed by atoms with Crippen LogP contribution < -0.4 is 5.32 Å². The van der Waals surface area contributed by atoms with Gasteiger partial charge < -0.3 is 5.32 Å². The molecule has 0 fully saturated rings. The van der Waals surface area contributed by atoms with Crippen LogP contribution in [-0.2, 0) is 6.42 Å². The van der Waals surface area contributed by atoms with Crippen LogP contribution >= 0.6 is 0 Å². The quantitative estimate of drug-likeness (QED) is 0.671. The molecule has 0 bridgehead atoms. The van der Waals surface area contributed by atoms with Gasteiger partial charge in [-0.2, -0.15) is 0 Å². The molecule has 18 heavy (non-hydrogen) atoms. The van der Waals surface area contributed by atoms with Gasteiger partial charge in [0, 0.05) is 6.04 Å². The largest absolute Gasteiger partial charge is 0.314 e. The van der Waals surface area contributed by atoms with E-state index in [1.165, 1.54) is 43.2 Å². The van der Waals surface area contributed by atoms with E-state index >= 15 is 0 Å². The molecule has 1 aromatic carbocycles. The summed E-state index contributed by atoms with van der Waals surface area (Å²) in [6, 6.07) is 7.27. The smallest absolute Gasteiger partial charge is 0.0108 e. The van der Waals surface area contributed by atoms with Gasteiger partial charge in [-0.1, -0.05) is 51.3 Å². The highest BCUT2D eigenvalue weighted by Crippen LogP contribution is 2.17. The zero-order valence-corrected chi connectivity index (χ0v) is 12.6. The van der Waals surface area contributed by atoms with Crippen molar-refractivity contribution in [2.45, 2.75) is 65.8 Å². The van der Waals surface area contributed by atoms with Crippen molar-refractivity contribution in [2.24, 2.45) is 0 Å². The van der Waals surface area contributed by atoms with E-state index in [2.05, 4.69) is 51.2 Å². The second-order valence-electron chi connectivity index (χ2n) is 5.32. The second-order valence-corrected chi connectivity index (χ2v) is 5.32. The van der Waals surface area contributed by atoms with Crippen LogP contribution in [0.5, 0.6) is 0 Å². The van der Waals surface area contributed by atoms with Crippen molar-refractivity contribution in [3.8, 4) is 0 Å². The van der Waals surface area contributed by atoms with Gasteiger partial charge >= 0.3 is 0 Å². The summed E-state index contributed by atoms with van der Waals surface area (Å²) in [5, 5.41) is 3.64. The maximum atomic E-state index is 3.64. The SMILES string of the molecule is CCCCCC(Cc1c(C)cccc1C)NCC. The molecule has 1 nitrogen and oxygen atoms in total. The highest BCUT2D eigenvalue weighted by atomic mass is 14.9.